The summed E-state index contributed by atoms with van der Waals surface area (Å²) in [5.74, 6) is 1.29. The van der Waals surface area contributed by atoms with Crippen LogP contribution in [0.4, 0.5) is 0 Å². The third kappa shape index (κ3) is 3.19. The van der Waals surface area contributed by atoms with Crippen molar-refractivity contribution in [3.8, 4) is 0 Å². The Labute approximate surface area is 136 Å². The van der Waals surface area contributed by atoms with Gasteiger partial charge in [-0.1, -0.05) is 45.9 Å². The maximum atomic E-state index is 9.73. The predicted octanol–water partition coefficient (Wildman–Crippen LogP) is 4.47. The van der Waals surface area contributed by atoms with Crippen LogP contribution in [0.3, 0.4) is 0 Å². The number of fused-ring (bicyclic) bond motifs is 1. The lowest BCUT2D eigenvalue weighted by Crippen LogP contribution is -2.49. The van der Waals surface area contributed by atoms with Gasteiger partial charge in [-0.25, -0.2) is 0 Å². The molecule has 0 unspecified atom stereocenters. The topological polar surface area (TPSA) is 40.5 Å². The summed E-state index contributed by atoms with van der Waals surface area (Å²) in [6, 6.07) is 0. The molecule has 2 saturated carbocycles. The van der Waals surface area contributed by atoms with Gasteiger partial charge < -0.3 is 10.2 Å². The van der Waals surface area contributed by atoms with E-state index in [1.54, 1.807) is 0 Å². The molecule has 0 radical (unpaired) electrons. The normalized spacial score (nSPS) is 35.8. The zero-order valence-corrected chi connectivity index (χ0v) is 14.7. The van der Waals surface area contributed by atoms with E-state index >= 15 is 0 Å². The van der Waals surface area contributed by atoms with E-state index in [1.165, 1.54) is 31.3 Å². The van der Waals surface area contributed by atoms with E-state index in [0.29, 0.717) is 16.7 Å². The minimum absolute atomic E-state index is 0.225. The van der Waals surface area contributed by atoms with Gasteiger partial charge in [0.05, 0.1) is 12.7 Å². The average molecular weight is 306 g/mol. The molecular weight excluding hydrogens is 272 g/mol. The van der Waals surface area contributed by atoms with Gasteiger partial charge in [-0.3, -0.25) is 0 Å². The maximum absolute atomic E-state index is 9.73. The molecule has 22 heavy (non-hydrogen) atoms. The van der Waals surface area contributed by atoms with Crippen LogP contribution in [-0.4, -0.2) is 22.9 Å². The number of aliphatic hydroxyl groups is 2. The van der Waals surface area contributed by atoms with Gasteiger partial charge in [-0.15, -0.1) is 0 Å². The number of rotatable bonds is 5. The number of hydrogen-bond donors (Lipinski definition) is 2. The Morgan fingerprint density at radius 3 is 2.64 bits per heavy atom. The third-order valence-corrected chi connectivity index (χ3v) is 6.72. The Morgan fingerprint density at radius 1 is 1.32 bits per heavy atom. The summed E-state index contributed by atoms with van der Waals surface area (Å²) >= 11 is 0. The SMILES string of the molecule is C=C(CC[C@H]1C(=C)CC[C@H]2C(C)(C)CCC[C@]12C)[C@H](O)CO. The predicted molar refractivity (Wildman–Crippen MR) is 92.6 cm³/mol. The summed E-state index contributed by atoms with van der Waals surface area (Å²) in [7, 11) is 0. The van der Waals surface area contributed by atoms with Gasteiger partial charge in [0.1, 0.15) is 0 Å². The molecule has 2 nitrogen and oxygen atoms in total. The van der Waals surface area contributed by atoms with E-state index in [4.69, 9.17) is 5.11 Å². The first-order chi connectivity index (χ1) is 10.2. The molecule has 0 aromatic rings. The van der Waals surface area contributed by atoms with E-state index in [9.17, 15) is 5.11 Å². The van der Waals surface area contributed by atoms with Crippen LogP contribution in [0.1, 0.15) is 65.7 Å². The van der Waals surface area contributed by atoms with Gasteiger partial charge in [0.25, 0.3) is 0 Å². The second kappa shape index (κ2) is 6.49. The van der Waals surface area contributed by atoms with Crippen molar-refractivity contribution in [2.45, 2.75) is 71.8 Å². The zero-order valence-electron chi connectivity index (χ0n) is 14.7. The van der Waals surface area contributed by atoms with Crippen molar-refractivity contribution in [2.75, 3.05) is 6.61 Å². The van der Waals surface area contributed by atoms with E-state index in [2.05, 4.69) is 33.9 Å². The molecule has 0 saturated heterocycles. The molecule has 2 heteroatoms. The fraction of sp³-hybridized carbons (Fsp3) is 0.800. The molecule has 2 aliphatic carbocycles. The Morgan fingerprint density at radius 2 is 2.00 bits per heavy atom. The van der Waals surface area contributed by atoms with E-state index in [0.717, 1.165) is 30.8 Å². The second-order valence-corrected chi connectivity index (χ2v) is 8.55. The molecule has 2 rings (SSSR count). The zero-order chi connectivity index (χ0) is 16.5. The molecule has 2 aliphatic rings. The highest BCUT2D eigenvalue weighted by molar-refractivity contribution is 5.17. The van der Waals surface area contributed by atoms with Crippen LogP contribution in [0.25, 0.3) is 0 Å². The molecule has 2 N–H and O–H groups in total. The van der Waals surface area contributed by atoms with Crippen molar-refractivity contribution in [2.24, 2.45) is 22.7 Å². The molecule has 0 aromatic heterocycles. The lowest BCUT2D eigenvalue weighted by atomic mass is 9.47. The number of hydrogen-bond acceptors (Lipinski definition) is 2. The molecule has 126 valence electrons. The highest BCUT2D eigenvalue weighted by atomic mass is 16.3. The molecule has 4 atom stereocenters. The Kier molecular flexibility index (Phi) is 5.23. The third-order valence-electron chi connectivity index (χ3n) is 6.72. The molecule has 0 amide bonds. The summed E-state index contributed by atoms with van der Waals surface area (Å²) in [5, 5.41) is 18.8. The average Bonchev–Trinajstić information content (AvgIpc) is 2.44. The van der Waals surface area contributed by atoms with Gasteiger partial charge >= 0.3 is 0 Å². The van der Waals surface area contributed by atoms with Crippen LogP contribution in [0.2, 0.25) is 0 Å². The van der Waals surface area contributed by atoms with Gasteiger partial charge in [0.15, 0.2) is 0 Å². The molecule has 2 fully saturated rings. The fourth-order valence-corrected chi connectivity index (χ4v) is 5.43. The maximum Gasteiger partial charge on any atom is 0.0978 e. The van der Waals surface area contributed by atoms with Crippen LogP contribution < -0.4 is 0 Å². The van der Waals surface area contributed by atoms with Gasteiger partial charge in [-0.2, -0.15) is 0 Å². The standard InChI is InChI=1S/C20H34O2/c1-14-8-10-18-19(3,4)11-6-12-20(18,5)16(14)9-7-15(2)17(22)13-21/h16-18,21-22H,1-2,6-13H2,3-5H3/t16-,17+,18-,20+/m0/s1. The molecule has 0 aliphatic heterocycles. The smallest absolute Gasteiger partial charge is 0.0978 e. The van der Waals surface area contributed by atoms with Gasteiger partial charge in [0.2, 0.25) is 0 Å². The van der Waals surface area contributed by atoms with Gasteiger partial charge in [-0.05, 0) is 66.8 Å². The van der Waals surface area contributed by atoms with Crippen LogP contribution in [0.15, 0.2) is 24.3 Å². The Hall–Kier alpha value is -0.600. The van der Waals surface area contributed by atoms with Crippen LogP contribution in [0, 0.1) is 22.7 Å². The summed E-state index contributed by atoms with van der Waals surface area (Å²) in [4.78, 5) is 0. The fourth-order valence-electron chi connectivity index (χ4n) is 5.43. The first-order valence-corrected chi connectivity index (χ1v) is 8.86. The van der Waals surface area contributed by atoms with E-state index in [-0.39, 0.29) is 6.61 Å². The highest BCUT2D eigenvalue weighted by Gasteiger charge is 2.52. The van der Waals surface area contributed by atoms with Crippen molar-refractivity contribution in [3.05, 3.63) is 24.3 Å². The largest absolute Gasteiger partial charge is 0.393 e. The second-order valence-electron chi connectivity index (χ2n) is 8.55. The van der Waals surface area contributed by atoms with E-state index in [1.807, 2.05) is 0 Å². The number of allylic oxidation sites excluding steroid dienone is 1. The first kappa shape index (κ1) is 17.7. The number of aliphatic hydroxyl groups excluding tert-OH is 2. The van der Waals surface area contributed by atoms with Crippen molar-refractivity contribution >= 4 is 0 Å². The highest BCUT2D eigenvalue weighted by Crippen LogP contribution is 2.61. The minimum Gasteiger partial charge on any atom is -0.393 e. The van der Waals surface area contributed by atoms with Crippen LogP contribution in [-0.2, 0) is 0 Å². The van der Waals surface area contributed by atoms with Crippen molar-refractivity contribution in [3.63, 3.8) is 0 Å². The monoisotopic (exact) mass is 306 g/mol. The van der Waals surface area contributed by atoms with Crippen LogP contribution >= 0.6 is 0 Å². The quantitative estimate of drug-likeness (QED) is 0.735. The minimum atomic E-state index is -0.775. The van der Waals surface area contributed by atoms with Crippen molar-refractivity contribution in [1.29, 1.82) is 0 Å². The lowest BCUT2D eigenvalue weighted by Gasteiger charge is -2.58. The Balaban J connectivity index is 2.14. The van der Waals surface area contributed by atoms with Crippen molar-refractivity contribution < 1.29 is 10.2 Å². The molecule has 0 heterocycles. The summed E-state index contributed by atoms with van der Waals surface area (Å²) in [6.07, 6.45) is 7.38. The summed E-state index contributed by atoms with van der Waals surface area (Å²) in [5.41, 5.74) is 2.91. The molecule has 0 spiro atoms. The molecular formula is C20H34O2. The van der Waals surface area contributed by atoms with Crippen molar-refractivity contribution in [1.82, 2.24) is 0 Å². The summed E-state index contributed by atoms with van der Waals surface area (Å²) in [6.45, 7) is 15.5. The lowest BCUT2D eigenvalue weighted by molar-refractivity contribution is -0.0542. The molecule has 0 bridgehead atoms. The van der Waals surface area contributed by atoms with E-state index < -0.39 is 6.10 Å². The van der Waals surface area contributed by atoms with Gasteiger partial charge in [0, 0.05) is 0 Å². The summed E-state index contributed by atoms with van der Waals surface area (Å²) < 4.78 is 0. The molecule has 0 aromatic carbocycles. The Bertz CT molecular complexity index is 437. The van der Waals surface area contributed by atoms with Crippen LogP contribution in [0.5, 0.6) is 0 Å². The first-order valence-electron chi connectivity index (χ1n) is 8.86.